The second kappa shape index (κ2) is 6.10. The molecule has 2 rings (SSSR count). The lowest BCUT2D eigenvalue weighted by Gasteiger charge is -2.08. The van der Waals surface area contributed by atoms with Gasteiger partial charge in [-0.15, -0.1) is 0 Å². The van der Waals surface area contributed by atoms with Gasteiger partial charge in [-0.2, -0.15) is 0 Å². The van der Waals surface area contributed by atoms with Crippen LogP contribution in [0.15, 0.2) is 48.5 Å². The van der Waals surface area contributed by atoms with Crippen molar-refractivity contribution in [2.75, 3.05) is 0 Å². The summed E-state index contributed by atoms with van der Waals surface area (Å²) in [6.45, 7) is 0. The van der Waals surface area contributed by atoms with Crippen molar-refractivity contribution in [3.63, 3.8) is 0 Å². The highest BCUT2D eigenvalue weighted by atomic mass is 31.2. The molecule has 6 nitrogen and oxygen atoms in total. The van der Waals surface area contributed by atoms with E-state index in [-0.39, 0.29) is 11.7 Å². The summed E-state index contributed by atoms with van der Waals surface area (Å²) >= 11 is 0. The zero-order chi connectivity index (χ0) is 15.5. The summed E-state index contributed by atoms with van der Waals surface area (Å²) in [4.78, 5) is 28.5. The molecule has 0 fully saturated rings. The van der Waals surface area contributed by atoms with Gasteiger partial charge in [0.15, 0.2) is 0 Å². The first-order valence-electron chi connectivity index (χ1n) is 5.98. The Morgan fingerprint density at radius 2 is 1.43 bits per heavy atom. The minimum Gasteiger partial charge on any atom is -0.478 e. The summed E-state index contributed by atoms with van der Waals surface area (Å²) in [6, 6.07) is 12.3. The normalized spacial score (nSPS) is 11.1. The lowest BCUT2D eigenvalue weighted by atomic mass is 10.2. The fourth-order valence-corrected chi connectivity index (χ4v) is 2.39. The number of carboxylic acids is 1. The Labute approximate surface area is 120 Å². The largest absolute Gasteiger partial charge is 0.478 e. The van der Waals surface area contributed by atoms with Gasteiger partial charge < -0.3 is 19.6 Å². The van der Waals surface area contributed by atoms with Gasteiger partial charge in [0.2, 0.25) is 0 Å². The Kier molecular flexibility index (Phi) is 4.43. The van der Waals surface area contributed by atoms with E-state index in [0.717, 1.165) is 0 Å². The van der Waals surface area contributed by atoms with Crippen LogP contribution in [0, 0.1) is 0 Å². The van der Waals surface area contributed by atoms with Crippen LogP contribution in [0.5, 0.6) is 11.5 Å². The van der Waals surface area contributed by atoms with Crippen LogP contribution >= 0.6 is 7.60 Å². The molecule has 2 aromatic carbocycles. The van der Waals surface area contributed by atoms with Crippen molar-refractivity contribution >= 4 is 13.6 Å². The third kappa shape index (κ3) is 4.72. The molecule has 2 aromatic rings. The molecule has 0 aromatic heterocycles. The molecular weight excluding hydrogens is 295 g/mol. The van der Waals surface area contributed by atoms with Gasteiger partial charge in [-0.05, 0) is 42.0 Å². The van der Waals surface area contributed by atoms with Crippen molar-refractivity contribution in [2.24, 2.45) is 0 Å². The maximum Gasteiger partial charge on any atom is 0.335 e. The number of rotatable bonds is 5. The summed E-state index contributed by atoms with van der Waals surface area (Å²) in [6.07, 6.45) is -0.319. The second-order valence-electron chi connectivity index (χ2n) is 4.40. The lowest BCUT2D eigenvalue weighted by molar-refractivity contribution is 0.0697. The van der Waals surface area contributed by atoms with Crippen molar-refractivity contribution < 1.29 is 29.0 Å². The zero-order valence-electron chi connectivity index (χ0n) is 10.8. The van der Waals surface area contributed by atoms with E-state index in [1.165, 1.54) is 24.3 Å². The molecule has 0 unspecified atom stereocenters. The fourth-order valence-electron chi connectivity index (χ4n) is 1.70. The van der Waals surface area contributed by atoms with Crippen LogP contribution in [0.3, 0.4) is 0 Å². The van der Waals surface area contributed by atoms with Gasteiger partial charge in [-0.25, -0.2) is 4.79 Å². The van der Waals surface area contributed by atoms with Crippen LogP contribution in [-0.2, 0) is 10.7 Å². The number of benzene rings is 2. The van der Waals surface area contributed by atoms with Gasteiger partial charge in [-0.1, -0.05) is 12.1 Å². The van der Waals surface area contributed by atoms with E-state index in [2.05, 4.69) is 0 Å². The standard InChI is InChI=1S/C14H13O6P/c15-14(16)11-3-7-13(8-4-11)20-12-5-1-10(2-6-12)9-21(17,18)19/h1-8H,9H2,(H,15,16)(H2,17,18,19). The molecule has 0 saturated heterocycles. The predicted molar refractivity (Wildman–Crippen MR) is 75.7 cm³/mol. The van der Waals surface area contributed by atoms with Crippen molar-refractivity contribution in [3.8, 4) is 11.5 Å². The highest BCUT2D eigenvalue weighted by molar-refractivity contribution is 7.50. The molecule has 0 saturated carbocycles. The molecule has 0 amide bonds. The van der Waals surface area contributed by atoms with E-state index in [1.54, 1.807) is 24.3 Å². The Morgan fingerprint density at radius 1 is 0.952 bits per heavy atom. The quantitative estimate of drug-likeness (QED) is 0.734. The number of carboxylic acid groups (broad SMARTS) is 1. The van der Waals surface area contributed by atoms with Crippen LogP contribution < -0.4 is 4.74 Å². The third-order valence-corrected chi connectivity index (χ3v) is 3.43. The molecule has 0 spiro atoms. The number of ether oxygens (including phenoxy) is 1. The first-order chi connectivity index (χ1) is 9.83. The van der Waals surface area contributed by atoms with Gasteiger partial charge >= 0.3 is 13.6 Å². The number of aromatic carboxylic acids is 1. The van der Waals surface area contributed by atoms with Crippen LogP contribution in [0.4, 0.5) is 0 Å². The monoisotopic (exact) mass is 308 g/mol. The lowest BCUT2D eigenvalue weighted by Crippen LogP contribution is -1.95. The molecule has 21 heavy (non-hydrogen) atoms. The van der Waals surface area contributed by atoms with Crippen LogP contribution in [0.25, 0.3) is 0 Å². The van der Waals surface area contributed by atoms with Crippen LogP contribution in [0.1, 0.15) is 15.9 Å². The van der Waals surface area contributed by atoms with Crippen molar-refractivity contribution in [1.29, 1.82) is 0 Å². The molecule has 0 aliphatic carbocycles. The highest BCUT2D eigenvalue weighted by Gasteiger charge is 2.13. The smallest absolute Gasteiger partial charge is 0.335 e. The number of hydrogen-bond donors (Lipinski definition) is 3. The van der Waals surface area contributed by atoms with Gasteiger partial charge in [0, 0.05) is 0 Å². The minimum absolute atomic E-state index is 0.166. The molecule has 7 heteroatoms. The molecule has 0 atom stereocenters. The molecule has 0 radical (unpaired) electrons. The van der Waals surface area contributed by atoms with Gasteiger partial charge in [-0.3, -0.25) is 4.57 Å². The van der Waals surface area contributed by atoms with E-state index in [9.17, 15) is 9.36 Å². The first kappa shape index (κ1) is 15.3. The topological polar surface area (TPSA) is 104 Å². The van der Waals surface area contributed by atoms with E-state index >= 15 is 0 Å². The fraction of sp³-hybridized carbons (Fsp3) is 0.0714. The summed E-state index contributed by atoms with van der Waals surface area (Å²) in [5.74, 6) is -0.0429. The van der Waals surface area contributed by atoms with Crippen molar-refractivity contribution in [3.05, 3.63) is 59.7 Å². The Balaban J connectivity index is 2.06. The van der Waals surface area contributed by atoms with E-state index in [0.29, 0.717) is 17.1 Å². The summed E-state index contributed by atoms with van der Waals surface area (Å²) in [5, 5.41) is 8.78. The molecule has 3 N–H and O–H groups in total. The van der Waals surface area contributed by atoms with Crippen LogP contribution in [-0.4, -0.2) is 20.9 Å². The summed E-state index contributed by atoms with van der Waals surface area (Å²) in [7, 11) is -4.08. The average molecular weight is 308 g/mol. The molecular formula is C14H13O6P. The van der Waals surface area contributed by atoms with Crippen molar-refractivity contribution in [1.82, 2.24) is 0 Å². The van der Waals surface area contributed by atoms with E-state index < -0.39 is 13.6 Å². The molecule has 0 bridgehead atoms. The molecule has 110 valence electrons. The van der Waals surface area contributed by atoms with Crippen molar-refractivity contribution in [2.45, 2.75) is 6.16 Å². The molecule has 0 aliphatic heterocycles. The maximum atomic E-state index is 10.9. The summed E-state index contributed by atoms with van der Waals surface area (Å²) < 4.78 is 16.4. The SMILES string of the molecule is O=C(O)c1ccc(Oc2ccc(CP(=O)(O)O)cc2)cc1. The van der Waals surface area contributed by atoms with E-state index in [4.69, 9.17) is 19.6 Å². The summed E-state index contributed by atoms with van der Waals surface area (Å²) in [5.41, 5.74) is 0.677. The highest BCUT2D eigenvalue weighted by Crippen LogP contribution is 2.39. The molecule has 0 heterocycles. The number of hydrogen-bond acceptors (Lipinski definition) is 3. The second-order valence-corrected chi connectivity index (χ2v) is 6.04. The number of carbonyl (C=O) groups is 1. The van der Waals surface area contributed by atoms with Crippen LogP contribution in [0.2, 0.25) is 0 Å². The third-order valence-electron chi connectivity index (χ3n) is 2.65. The predicted octanol–water partition coefficient (Wildman–Crippen LogP) is 2.85. The van der Waals surface area contributed by atoms with Gasteiger partial charge in [0.05, 0.1) is 11.7 Å². The Hall–Kier alpha value is -2.14. The maximum absolute atomic E-state index is 10.9. The van der Waals surface area contributed by atoms with Gasteiger partial charge in [0.1, 0.15) is 11.5 Å². The Bertz CT molecular complexity index is 672. The van der Waals surface area contributed by atoms with Gasteiger partial charge in [0.25, 0.3) is 0 Å². The van der Waals surface area contributed by atoms with E-state index in [1.807, 2.05) is 0 Å². The average Bonchev–Trinajstić information content (AvgIpc) is 2.40. The first-order valence-corrected chi connectivity index (χ1v) is 7.78. The Morgan fingerprint density at radius 3 is 1.86 bits per heavy atom. The molecule has 0 aliphatic rings. The minimum atomic E-state index is -4.08. The zero-order valence-corrected chi connectivity index (χ0v) is 11.7.